The number of H-pyrrole nitrogens is 1. The smallest absolute Gasteiger partial charge is 0.756 e. The number of hydrogen-bond acceptors (Lipinski definition) is 4. The molecule has 1 rings (SSSR count). The van der Waals surface area contributed by atoms with Crippen LogP contribution < -0.4 is 34.5 Å². The summed E-state index contributed by atoms with van der Waals surface area (Å²) in [4.78, 5) is 37.6. The van der Waals surface area contributed by atoms with Crippen LogP contribution in [0.25, 0.3) is 0 Å². The van der Waals surface area contributed by atoms with Crippen LogP contribution in [0, 0.1) is 0 Å². The van der Waals surface area contributed by atoms with Crippen molar-refractivity contribution in [3.05, 3.63) is 17.7 Å². The fraction of sp³-hybridized carbons (Fsp3) is 0.200. The van der Waals surface area contributed by atoms with Crippen molar-refractivity contribution in [1.82, 2.24) is 9.97 Å². The second-order valence-corrected chi connectivity index (χ2v) is 3.42. The van der Waals surface area contributed by atoms with Crippen molar-refractivity contribution in [1.29, 1.82) is 0 Å². The van der Waals surface area contributed by atoms with Gasteiger partial charge in [-0.25, -0.2) is 9.78 Å². The molecule has 0 aliphatic rings. The standard InChI is InChI=1S/C5H3F3N2O2.Na.H3O4P.2H2O/c6-5(7,8)2-1-9-3(10-2)4(11)12;;1-5(2,3)4;;/h1H,(H,9,10)(H,11,12);;(H3,1,2,3,4);2*1H2/q;+1;;;/p-1. The summed E-state index contributed by atoms with van der Waals surface area (Å²) in [6, 6.07) is 0. The van der Waals surface area contributed by atoms with E-state index < -0.39 is 31.5 Å². The molecule has 0 fully saturated rings. The maximum atomic E-state index is 11.8. The van der Waals surface area contributed by atoms with Crippen LogP contribution in [0.4, 0.5) is 13.2 Å². The number of aromatic amines is 1. The Bertz CT molecular complexity index is 437. The molecule has 1 heterocycles. The van der Waals surface area contributed by atoms with Gasteiger partial charge in [-0.3, -0.25) is 4.57 Å². The third kappa shape index (κ3) is 13.9. The van der Waals surface area contributed by atoms with Crippen molar-refractivity contribution in [2.24, 2.45) is 0 Å². The van der Waals surface area contributed by atoms with Crippen LogP contribution in [-0.4, -0.2) is 41.8 Å². The number of aromatic carboxylic acids is 1. The number of rotatable bonds is 1. The molecule has 1 aromatic rings. The van der Waals surface area contributed by atoms with Crippen LogP contribution >= 0.6 is 7.82 Å². The number of nitrogens with one attached hydrogen (secondary N) is 1. The van der Waals surface area contributed by atoms with Gasteiger partial charge in [0.2, 0.25) is 5.82 Å². The van der Waals surface area contributed by atoms with Crippen molar-refractivity contribution in [3.8, 4) is 0 Å². The van der Waals surface area contributed by atoms with Gasteiger partial charge < -0.3 is 35.7 Å². The zero-order valence-electron chi connectivity index (χ0n) is 9.67. The molecule has 10 nitrogen and oxygen atoms in total. The van der Waals surface area contributed by atoms with Crippen LogP contribution in [0.3, 0.4) is 0 Å². The van der Waals surface area contributed by atoms with Gasteiger partial charge in [-0.05, 0) is 0 Å². The Labute approximate surface area is 130 Å². The molecule has 0 spiro atoms. The molecule has 8 N–H and O–H groups in total. The number of nitrogens with zero attached hydrogens (tertiary/aromatic N) is 1. The number of halogens is 3. The summed E-state index contributed by atoms with van der Waals surface area (Å²) in [7, 11) is -4.89. The van der Waals surface area contributed by atoms with Gasteiger partial charge in [0, 0.05) is 0 Å². The van der Waals surface area contributed by atoms with Crippen LogP contribution in [0.2, 0.25) is 0 Å². The van der Waals surface area contributed by atoms with Crippen molar-refractivity contribution < 1.29 is 82.8 Å². The Morgan fingerprint density at radius 2 is 1.70 bits per heavy atom. The summed E-state index contributed by atoms with van der Waals surface area (Å²) in [6.45, 7) is 0. The molecule has 0 radical (unpaired) electrons. The summed E-state index contributed by atoms with van der Waals surface area (Å²) in [5.41, 5.74) is -1.17. The van der Waals surface area contributed by atoms with Crippen molar-refractivity contribution in [2.45, 2.75) is 6.18 Å². The second-order valence-electron chi connectivity index (χ2n) is 2.44. The molecule has 0 saturated carbocycles. The minimum Gasteiger partial charge on any atom is -0.756 e. The van der Waals surface area contributed by atoms with E-state index in [9.17, 15) is 18.0 Å². The van der Waals surface area contributed by atoms with E-state index in [0.29, 0.717) is 6.20 Å². The molecular weight excluding hydrogens is 327 g/mol. The first-order valence-electron chi connectivity index (χ1n) is 3.53. The average Bonchev–Trinajstić information content (AvgIpc) is 2.45. The molecule has 0 saturated heterocycles. The number of phosphoric acid groups is 1. The maximum Gasteiger partial charge on any atom is 1.00 e. The predicted octanol–water partition coefficient (Wildman–Crippen LogP) is -5.08. The molecule has 0 aliphatic heterocycles. The topological polar surface area (TPSA) is 210 Å². The molecule has 1 aromatic heterocycles. The van der Waals surface area contributed by atoms with Gasteiger partial charge in [-0.1, -0.05) is 0 Å². The first kappa shape index (κ1) is 27.8. The number of carboxylic acid groups (broad SMARTS) is 1. The van der Waals surface area contributed by atoms with Gasteiger partial charge in [0.25, 0.3) is 7.82 Å². The number of carboxylic acids is 1. The van der Waals surface area contributed by atoms with Crippen molar-refractivity contribution in [3.63, 3.8) is 0 Å². The van der Waals surface area contributed by atoms with Crippen LogP contribution in [0.1, 0.15) is 16.3 Å². The van der Waals surface area contributed by atoms with Crippen LogP contribution in [0.15, 0.2) is 6.20 Å². The average molecular weight is 336 g/mol. The van der Waals surface area contributed by atoms with Crippen LogP contribution in [0.5, 0.6) is 0 Å². The Hall–Kier alpha value is -0.500. The molecule has 114 valence electrons. The van der Waals surface area contributed by atoms with Gasteiger partial charge in [0.15, 0.2) is 0 Å². The predicted molar refractivity (Wildman–Crippen MR) is 49.8 cm³/mol. The van der Waals surface area contributed by atoms with E-state index in [-0.39, 0.29) is 40.5 Å². The number of aromatic nitrogens is 2. The molecule has 0 bridgehead atoms. The van der Waals surface area contributed by atoms with Crippen molar-refractivity contribution >= 4 is 13.8 Å². The number of hydrogen-bond donors (Lipinski definition) is 4. The summed E-state index contributed by atoms with van der Waals surface area (Å²) in [5, 5.41) is 8.20. The minimum absolute atomic E-state index is 0. The Morgan fingerprint density at radius 3 is 1.85 bits per heavy atom. The minimum atomic E-state index is -4.89. The van der Waals surface area contributed by atoms with E-state index in [4.69, 9.17) is 24.4 Å². The van der Waals surface area contributed by atoms with Gasteiger partial charge in [-0.2, -0.15) is 13.2 Å². The monoisotopic (exact) mass is 336 g/mol. The second kappa shape index (κ2) is 10.3. The SMILES string of the molecule is O.O.O=C(O)c1ncc(C(F)(F)F)[nH]1.O=P([O-])(O)O.[Na+]. The third-order valence-corrected chi connectivity index (χ3v) is 1.08. The first-order valence-corrected chi connectivity index (χ1v) is 5.06. The van der Waals surface area contributed by atoms with Crippen LogP contribution in [-0.2, 0) is 10.7 Å². The number of carbonyl (C=O) groups is 1. The summed E-state index contributed by atoms with van der Waals surface area (Å²) >= 11 is 0. The van der Waals surface area contributed by atoms with E-state index in [0.717, 1.165) is 0 Å². The molecule has 0 aliphatic carbocycles. The number of alkyl halides is 3. The van der Waals surface area contributed by atoms with Gasteiger partial charge in [0.05, 0.1) is 6.20 Å². The molecule has 0 unspecified atom stereocenters. The van der Waals surface area contributed by atoms with E-state index in [1.54, 1.807) is 4.98 Å². The Morgan fingerprint density at radius 1 is 1.35 bits per heavy atom. The van der Waals surface area contributed by atoms with E-state index in [2.05, 4.69) is 4.98 Å². The molecule has 0 atom stereocenters. The van der Waals surface area contributed by atoms with Gasteiger partial charge >= 0.3 is 41.7 Å². The summed E-state index contributed by atoms with van der Waals surface area (Å²) in [6.07, 6.45) is -4.15. The van der Waals surface area contributed by atoms with E-state index in [1.807, 2.05) is 0 Å². The zero-order chi connectivity index (χ0) is 13.9. The Balaban J connectivity index is -0.000000141. The first-order chi connectivity index (χ1) is 7.41. The normalized spacial score (nSPS) is 9.90. The fourth-order valence-corrected chi connectivity index (χ4v) is 0.574. The quantitative estimate of drug-likeness (QED) is 0.289. The van der Waals surface area contributed by atoms with Crippen molar-refractivity contribution in [2.75, 3.05) is 0 Å². The maximum absolute atomic E-state index is 11.8. The molecule has 0 amide bonds. The third-order valence-electron chi connectivity index (χ3n) is 1.08. The molecule has 0 aromatic carbocycles. The van der Waals surface area contributed by atoms with Gasteiger partial charge in [0.1, 0.15) is 5.69 Å². The molecule has 15 heteroatoms. The zero-order valence-corrected chi connectivity index (χ0v) is 12.6. The van der Waals surface area contributed by atoms with E-state index in [1.165, 1.54) is 0 Å². The summed E-state index contributed by atoms with van der Waals surface area (Å²) < 4.78 is 44.2. The fourth-order valence-electron chi connectivity index (χ4n) is 0.574. The van der Waals surface area contributed by atoms with E-state index >= 15 is 0 Å². The number of imidazole rings is 1. The molecular formula is C5H9F3N2NaO8P. The summed E-state index contributed by atoms with van der Waals surface area (Å²) in [5.74, 6) is -2.24. The van der Waals surface area contributed by atoms with Gasteiger partial charge in [-0.15, -0.1) is 0 Å². The largest absolute Gasteiger partial charge is 1.00 e. The molecule has 20 heavy (non-hydrogen) atoms. The Kier molecular flexibility index (Phi) is 14.2.